The monoisotopic (exact) mass is 259 g/mol. The molecule has 0 radical (unpaired) electrons. The highest BCUT2D eigenvalue weighted by atomic mass is 35.5. The van der Waals surface area contributed by atoms with Crippen molar-refractivity contribution in [2.75, 3.05) is 19.0 Å². The Morgan fingerprint density at radius 1 is 1.00 bits per heavy atom. The van der Waals surface area contributed by atoms with Gasteiger partial charge in [-0.05, 0) is 35.4 Å². The topological polar surface area (TPSA) is 20.3 Å². The summed E-state index contributed by atoms with van der Waals surface area (Å²) in [7, 11) is 4.00. The van der Waals surface area contributed by atoms with Gasteiger partial charge < -0.3 is 4.90 Å². The van der Waals surface area contributed by atoms with Crippen LogP contribution in [0.25, 0.3) is 11.1 Å². The number of rotatable bonds is 3. The molecule has 0 aliphatic carbocycles. The molecule has 92 valence electrons. The quantitative estimate of drug-likeness (QED) is 0.780. The number of aldehydes is 1. The third-order valence-corrected chi connectivity index (χ3v) is 3.18. The number of carbonyl (C=O) groups is 1. The first-order valence-corrected chi connectivity index (χ1v) is 6.02. The van der Waals surface area contributed by atoms with Crippen molar-refractivity contribution >= 4 is 23.6 Å². The summed E-state index contributed by atoms with van der Waals surface area (Å²) < 4.78 is 0. The zero-order valence-electron chi connectivity index (χ0n) is 10.4. The van der Waals surface area contributed by atoms with E-state index in [4.69, 9.17) is 11.6 Å². The van der Waals surface area contributed by atoms with Gasteiger partial charge in [0.1, 0.15) is 0 Å². The van der Waals surface area contributed by atoms with Crippen LogP contribution >= 0.6 is 11.6 Å². The highest BCUT2D eigenvalue weighted by Crippen LogP contribution is 2.26. The van der Waals surface area contributed by atoms with Gasteiger partial charge in [0.15, 0.2) is 6.29 Å². The Morgan fingerprint density at radius 2 is 1.61 bits per heavy atom. The number of anilines is 1. The van der Waals surface area contributed by atoms with Crippen LogP contribution in [-0.2, 0) is 0 Å². The van der Waals surface area contributed by atoms with Crippen molar-refractivity contribution in [1.82, 2.24) is 0 Å². The summed E-state index contributed by atoms with van der Waals surface area (Å²) in [6, 6.07) is 13.6. The van der Waals surface area contributed by atoms with E-state index in [-0.39, 0.29) is 0 Å². The van der Waals surface area contributed by atoms with Crippen LogP contribution < -0.4 is 4.90 Å². The Morgan fingerprint density at radius 3 is 2.17 bits per heavy atom. The largest absolute Gasteiger partial charge is 0.378 e. The van der Waals surface area contributed by atoms with E-state index >= 15 is 0 Å². The van der Waals surface area contributed by atoms with Crippen LogP contribution in [0, 0.1) is 0 Å². The molecule has 0 N–H and O–H groups in total. The van der Waals surface area contributed by atoms with Gasteiger partial charge in [0.2, 0.25) is 0 Å². The molecule has 0 spiro atoms. The molecule has 0 heterocycles. The molecule has 0 aliphatic rings. The molecule has 2 rings (SSSR count). The van der Waals surface area contributed by atoms with Gasteiger partial charge in [0.25, 0.3) is 0 Å². The first kappa shape index (κ1) is 12.7. The van der Waals surface area contributed by atoms with Gasteiger partial charge in [-0.15, -0.1) is 0 Å². The van der Waals surface area contributed by atoms with Gasteiger partial charge in [-0.1, -0.05) is 29.8 Å². The number of nitrogens with zero attached hydrogens (tertiary/aromatic N) is 1. The van der Waals surface area contributed by atoms with Crippen molar-refractivity contribution in [2.24, 2.45) is 0 Å². The van der Waals surface area contributed by atoms with E-state index in [9.17, 15) is 4.79 Å². The lowest BCUT2D eigenvalue weighted by atomic mass is 10.0. The number of benzene rings is 2. The molecule has 0 amide bonds. The van der Waals surface area contributed by atoms with Crippen molar-refractivity contribution < 1.29 is 4.79 Å². The maximum atomic E-state index is 10.9. The molecule has 2 nitrogen and oxygen atoms in total. The molecule has 3 heteroatoms. The van der Waals surface area contributed by atoms with Crippen LogP contribution in [-0.4, -0.2) is 20.4 Å². The summed E-state index contributed by atoms with van der Waals surface area (Å²) in [6.45, 7) is 0. The average Bonchev–Trinajstić information content (AvgIpc) is 2.39. The smallest absolute Gasteiger partial charge is 0.151 e. The second kappa shape index (κ2) is 5.23. The van der Waals surface area contributed by atoms with Crippen molar-refractivity contribution in [2.45, 2.75) is 0 Å². The Bertz CT molecular complexity index is 561. The SMILES string of the molecule is CN(C)c1ccc(-c2ccc(Cl)c(C=O)c2)cc1. The van der Waals surface area contributed by atoms with Crippen LogP contribution in [0.4, 0.5) is 5.69 Å². The van der Waals surface area contributed by atoms with Gasteiger partial charge in [-0.2, -0.15) is 0 Å². The maximum Gasteiger partial charge on any atom is 0.151 e. The Kier molecular flexibility index (Phi) is 3.68. The summed E-state index contributed by atoms with van der Waals surface area (Å²) in [5.41, 5.74) is 3.72. The average molecular weight is 260 g/mol. The van der Waals surface area contributed by atoms with Crippen LogP contribution in [0.2, 0.25) is 5.02 Å². The minimum absolute atomic E-state index is 0.485. The Labute approximate surface area is 112 Å². The third kappa shape index (κ3) is 2.54. The Hall–Kier alpha value is -1.80. The number of carbonyl (C=O) groups excluding carboxylic acids is 1. The fraction of sp³-hybridized carbons (Fsp3) is 0.133. The molecule has 0 atom stereocenters. The molecule has 18 heavy (non-hydrogen) atoms. The molecule has 0 fully saturated rings. The van der Waals surface area contributed by atoms with Crippen LogP contribution in [0.1, 0.15) is 10.4 Å². The number of hydrogen-bond donors (Lipinski definition) is 0. The fourth-order valence-corrected chi connectivity index (χ4v) is 1.93. The minimum Gasteiger partial charge on any atom is -0.378 e. The molecule has 0 bridgehead atoms. The third-order valence-electron chi connectivity index (χ3n) is 2.84. The molecular formula is C15H14ClNO. The van der Waals surface area contributed by atoms with E-state index in [0.29, 0.717) is 10.6 Å². The molecule has 0 saturated carbocycles. The summed E-state index contributed by atoms with van der Waals surface area (Å²) in [4.78, 5) is 12.9. The van der Waals surface area contributed by atoms with Gasteiger partial charge in [-0.3, -0.25) is 4.79 Å². The van der Waals surface area contributed by atoms with E-state index in [1.54, 1.807) is 12.1 Å². The van der Waals surface area contributed by atoms with E-state index in [2.05, 4.69) is 0 Å². The fourth-order valence-electron chi connectivity index (χ4n) is 1.77. The molecular weight excluding hydrogens is 246 g/mol. The zero-order chi connectivity index (χ0) is 13.1. The summed E-state index contributed by atoms with van der Waals surface area (Å²) in [5.74, 6) is 0. The van der Waals surface area contributed by atoms with Gasteiger partial charge in [0, 0.05) is 25.3 Å². The number of halogens is 1. The molecule has 2 aromatic rings. The summed E-state index contributed by atoms with van der Waals surface area (Å²) in [6.07, 6.45) is 0.778. The van der Waals surface area contributed by atoms with E-state index < -0.39 is 0 Å². The van der Waals surface area contributed by atoms with Crippen molar-refractivity contribution in [3.05, 3.63) is 53.1 Å². The Balaban J connectivity index is 2.39. The minimum atomic E-state index is 0.485. The molecule has 0 unspecified atom stereocenters. The number of hydrogen-bond acceptors (Lipinski definition) is 2. The van der Waals surface area contributed by atoms with E-state index in [0.717, 1.165) is 23.1 Å². The van der Waals surface area contributed by atoms with Gasteiger partial charge in [0.05, 0.1) is 5.02 Å². The lowest BCUT2D eigenvalue weighted by molar-refractivity contribution is 0.112. The van der Waals surface area contributed by atoms with Crippen molar-refractivity contribution in [3.8, 4) is 11.1 Å². The van der Waals surface area contributed by atoms with Crippen molar-refractivity contribution in [3.63, 3.8) is 0 Å². The predicted molar refractivity (Wildman–Crippen MR) is 76.6 cm³/mol. The zero-order valence-corrected chi connectivity index (χ0v) is 11.1. The lowest BCUT2D eigenvalue weighted by Gasteiger charge is -2.13. The van der Waals surface area contributed by atoms with Crippen molar-refractivity contribution in [1.29, 1.82) is 0 Å². The molecule has 0 aromatic heterocycles. The molecule has 0 saturated heterocycles. The highest BCUT2D eigenvalue weighted by Gasteiger charge is 2.03. The highest BCUT2D eigenvalue weighted by molar-refractivity contribution is 6.33. The predicted octanol–water partition coefficient (Wildman–Crippen LogP) is 3.89. The second-order valence-electron chi connectivity index (χ2n) is 4.30. The van der Waals surface area contributed by atoms with Crippen LogP contribution in [0.5, 0.6) is 0 Å². The van der Waals surface area contributed by atoms with E-state index in [1.165, 1.54) is 0 Å². The van der Waals surface area contributed by atoms with Gasteiger partial charge >= 0.3 is 0 Å². The van der Waals surface area contributed by atoms with Crippen LogP contribution in [0.15, 0.2) is 42.5 Å². The van der Waals surface area contributed by atoms with Crippen LogP contribution in [0.3, 0.4) is 0 Å². The maximum absolute atomic E-state index is 10.9. The van der Waals surface area contributed by atoms with E-state index in [1.807, 2.05) is 49.3 Å². The van der Waals surface area contributed by atoms with Gasteiger partial charge in [-0.25, -0.2) is 0 Å². The first-order valence-electron chi connectivity index (χ1n) is 5.64. The standard InChI is InChI=1S/C15H14ClNO/c1-17(2)14-6-3-11(4-7-14)12-5-8-15(16)13(9-12)10-18/h3-10H,1-2H3. The first-order chi connectivity index (χ1) is 8.61. The molecule has 2 aromatic carbocycles. The normalized spacial score (nSPS) is 10.2. The lowest BCUT2D eigenvalue weighted by Crippen LogP contribution is -2.07. The summed E-state index contributed by atoms with van der Waals surface area (Å²) >= 11 is 5.91. The second-order valence-corrected chi connectivity index (χ2v) is 4.70. The molecule has 0 aliphatic heterocycles. The summed E-state index contributed by atoms with van der Waals surface area (Å²) in [5, 5.41) is 0.485.